The van der Waals surface area contributed by atoms with Gasteiger partial charge in [0, 0.05) is 13.1 Å². The average molecular weight is 357 g/mol. The Labute approximate surface area is 144 Å². The number of alkyl halides is 3. The highest BCUT2D eigenvalue weighted by Crippen LogP contribution is 2.29. The highest BCUT2D eigenvalue weighted by Gasteiger charge is 2.36. The normalized spacial score (nSPS) is 19.7. The third-order valence-electron chi connectivity index (χ3n) is 4.81. The molecule has 1 saturated heterocycles. The van der Waals surface area contributed by atoms with E-state index in [2.05, 4.69) is 15.2 Å². The molecule has 0 saturated carbocycles. The third kappa shape index (κ3) is 3.89. The number of nitrogens with one attached hydrogen (secondary N) is 1. The Hall–Kier alpha value is -1.83. The zero-order valence-electron chi connectivity index (χ0n) is 14.3. The van der Waals surface area contributed by atoms with Gasteiger partial charge in [0.1, 0.15) is 5.82 Å². The lowest BCUT2D eigenvalue weighted by molar-refractivity contribution is -0.187. The Morgan fingerprint density at radius 3 is 2.72 bits per heavy atom. The van der Waals surface area contributed by atoms with Crippen molar-refractivity contribution in [3.05, 3.63) is 22.9 Å². The van der Waals surface area contributed by atoms with Crippen LogP contribution in [0, 0.1) is 12.8 Å². The summed E-state index contributed by atoms with van der Waals surface area (Å²) in [7, 11) is 0. The van der Waals surface area contributed by atoms with Crippen LogP contribution in [0.5, 0.6) is 0 Å². The van der Waals surface area contributed by atoms with Crippen LogP contribution in [0.1, 0.15) is 41.4 Å². The van der Waals surface area contributed by atoms with E-state index in [0.717, 1.165) is 24.0 Å². The van der Waals surface area contributed by atoms with Crippen molar-refractivity contribution in [2.45, 2.75) is 45.5 Å². The maximum absolute atomic E-state index is 12.5. The molecule has 0 bridgehead atoms. The summed E-state index contributed by atoms with van der Waals surface area (Å²) >= 11 is 0. The van der Waals surface area contributed by atoms with E-state index in [1.807, 2.05) is 13.0 Å². The van der Waals surface area contributed by atoms with Gasteiger partial charge in [0.15, 0.2) is 0 Å². The molecule has 3 heterocycles. The number of nitrogens with zero attached hydrogens (tertiary/aromatic N) is 2. The van der Waals surface area contributed by atoms with Gasteiger partial charge in [-0.2, -0.15) is 13.2 Å². The highest BCUT2D eigenvalue weighted by molar-refractivity contribution is 5.98. The Bertz CT molecular complexity index is 655. The molecule has 25 heavy (non-hydrogen) atoms. The number of aryl methyl sites for hydroxylation is 1. The molecule has 0 aliphatic carbocycles. The van der Waals surface area contributed by atoms with Gasteiger partial charge in [0.25, 0.3) is 5.91 Å². The predicted molar refractivity (Wildman–Crippen MR) is 86.6 cm³/mol. The standard InChI is InChI=1S/C17H22F3N3O2/c1-10-7-13-14(8-21-16(13)24)22-15(10)23-5-3-12(4-6-23)25-9-11(2)17(18,19)20/h7,11-12H,3-6,8-9H2,1-2H3,(H,21,24). The number of halogens is 3. The number of rotatable bonds is 4. The van der Waals surface area contributed by atoms with E-state index in [1.54, 1.807) is 0 Å². The summed E-state index contributed by atoms with van der Waals surface area (Å²) < 4.78 is 43.1. The predicted octanol–water partition coefficient (Wildman–Crippen LogP) is 2.82. The number of anilines is 1. The van der Waals surface area contributed by atoms with Crippen molar-refractivity contribution in [1.82, 2.24) is 10.3 Å². The minimum atomic E-state index is -4.21. The zero-order chi connectivity index (χ0) is 18.2. The molecular weight excluding hydrogens is 335 g/mol. The molecule has 0 aromatic carbocycles. The zero-order valence-corrected chi connectivity index (χ0v) is 14.3. The summed E-state index contributed by atoms with van der Waals surface area (Å²) in [5.41, 5.74) is 2.31. The van der Waals surface area contributed by atoms with Crippen molar-refractivity contribution in [2.75, 3.05) is 24.6 Å². The number of carbonyl (C=O) groups is 1. The van der Waals surface area contributed by atoms with Crippen molar-refractivity contribution in [2.24, 2.45) is 5.92 Å². The Kier molecular flexibility index (Phi) is 4.90. The van der Waals surface area contributed by atoms with Crippen molar-refractivity contribution in [3.63, 3.8) is 0 Å². The first-order valence-corrected chi connectivity index (χ1v) is 8.47. The Morgan fingerprint density at radius 1 is 1.40 bits per heavy atom. The fraction of sp³-hybridized carbons (Fsp3) is 0.647. The van der Waals surface area contributed by atoms with Gasteiger partial charge in [-0.3, -0.25) is 4.79 Å². The lowest BCUT2D eigenvalue weighted by Crippen LogP contribution is -2.39. The third-order valence-corrected chi connectivity index (χ3v) is 4.81. The molecule has 1 N–H and O–H groups in total. The summed E-state index contributed by atoms with van der Waals surface area (Å²) in [6, 6.07) is 1.85. The van der Waals surface area contributed by atoms with Crippen molar-refractivity contribution < 1.29 is 22.7 Å². The Morgan fingerprint density at radius 2 is 2.08 bits per heavy atom. The van der Waals surface area contributed by atoms with E-state index in [-0.39, 0.29) is 18.6 Å². The van der Waals surface area contributed by atoms with Crippen molar-refractivity contribution >= 4 is 11.7 Å². The first-order valence-electron chi connectivity index (χ1n) is 8.47. The topological polar surface area (TPSA) is 54.5 Å². The summed E-state index contributed by atoms with van der Waals surface area (Å²) in [4.78, 5) is 18.4. The summed E-state index contributed by atoms with van der Waals surface area (Å²) in [6.45, 7) is 4.57. The minimum absolute atomic E-state index is 0.0944. The second-order valence-corrected chi connectivity index (χ2v) is 6.77. The van der Waals surface area contributed by atoms with E-state index in [0.29, 0.717) is 38.0 Å². The number of carbonyl (C=O) groups excluding carboxylic acids is 1. The molecular formula is C17H22F3N3O2. The summed E-state index contributed by atoms with van der Waals surface area (Å²) in [5, 5.41) is 2.76. The van der Waals surface area contributed by atoms with Crippen LogP contribution < -0.4 is 10.2 Å². The summed E-state index contributed by atoms with van der Waals surface area (Å²) in [6.07, 6.45) is -3.03. The van der Waals surface area contributed by atoms with Crippen molar-refractivity contribution in [1.29, 1.82) is 0 Å². The van der Waals surface area contributed by atoms with Crippen LogP contribution in [-0.2, 0) is 11.3 Å². The first-order chi connectivity index (χ1) is 11.8. The second-order valence-electron chi connectivity index (χ2n) is 6.77. The molecule has 2 aliphatic heterocycles. The van der Waals surface area contributed by atoms with Crippen LogP contribution in [-0.4, -0.2) is 42.9 Å². The number of fused-ring (bicyclic) bond motifs is 1. The molecule has 1 unspecified atom stereocenters. The first kappa shape index (κ1) is 18.0. The van der Waals surface area contributed by atoms with Gasteiger partial charge in [-0.15, -0.1) is 0 Å². The van der Waals surface area contributed by atoms with E-state index in [9.17, 15) is 18.0 Å². The molecule has 1 fully saturated rings. The molecule has 2 aliphatic rings. The number of aromatic nitrogens is 1. The molecule has 1 aromatic heterocycles. The van der Waals surface area contributed by atoms with Crippen LogP contribution >= 0.6 is 0 Å². The lowest BCUT2D eigenvalue weighted by atomic mass is 10.1. The maximum atomic E-state index is 12.5. The lowest BCUT2D eigenvalue weighted by Gasteiger charge is -2.34. The molecule has 1 atom stereocenters. The fourth-order valence-electron chi connectivity index (χ4n) is 3.16. The molecule has 1 aromatic rings. The monoisotopic (exact) mass is 357 g/mol. The molecule has 8 heteroatoms. The number of hydrogen-bond acceptors (Lipinski definition) is 4. The van der Waals surface area contributed by atoms with E-state index >= 15 is 0 Å². The molecule has 5 nitrogen and oxygen atoms in total. The second kappa shape index (κ2) is 6.82. The summed E-state index contributed by atoms with van der Waals surface area (Å²) in [5.74, 6) is -0.698. The number of hydrogen-bond donors (Lipinski definition) is 1. The van der Waals surface area contributed by atoms with Gasteiger partial charge in [0.2, 0.25) is 0 Å². The molecule has 3 rings (SSSR count). The maximum Gasteiger partial charge on any atom is 0.393 e. The van der Waals surface area contributed by atoms with Gasteiger partial charge < -0.3 is 15.0 Å². The quantitative estimate of drug-likeness (QED) is 0.900. The molecule has 0 spiro atoms. The van der Waals surface area contributed by atoms with Crippen LogP contribution in [0.15, 0.2) is 6.07 Å². The average Bonchev–Trinajstić information content (AvgIpc) is 2.92. The van der Waals surface area contributed by atoms with Gasteiger partial charge >= 0.3 is 6.18 Å². The van der Waals surface area contributed by atoms with Gasteiger partial charge in [-0.25, -0.2) is 4.98 Å². The van der Waals surface area contributed by atoms with E-state index in [1.165, 1.54) is 0 Å². The molecule has 1 amide bonds. The van der Waals surface area contributed by atoms with Crippen LogP contribution in [0.25, 0.3) is 0 Å². The van der Waals surface area contributed by atoms with Crippen LogP contribution in [0.2, 0.25) is 0 Å². The largest absolute Gasteiger partial charge is 0.393 e. The van der Waals surface area contributed by atoms with Crippen molar-refractivity contribution in [3.8, 4) is 0 Å². The number of ether oxygens (including phenoxy) is 1. The SMILES string of the molecule is Cc1cc2c(nc1N1CCC(OCC(C)C(F)(F)F)CC1)CNC2=O. The number of piperidine rings is 1. The number of pyridine rings is 1. The molecule has 138 valence electrons. The van der Waals surface area contributed by atoms with E-state index < -0.39 is 12.1 Å². The highest BCUT2D eigenvalue weighted by atomic mass is 19.4. The van der Waals surface area contributed by atoms with Gasteiger partial charge in [-0.1, -0.05) is 6.92 Å². The van der Waals surface area contributed by atoms with Crippen LogP contribution in [0.4, 0.5) is 19.0 Å². The minimum Gasteiger partial charge on any atom is -0.377 e. The molecule has 0 radical (unpaired) electrons. The number of amides is 1. The van der Waals surface area contributed by atoms with E-state index in [4.69, 9.17) is 4.74 Å². The van der Waals surface area contributed by atoms with Crippen LogP contribution in [0.3, 0.4) is 0 Å². The van der Waals surface area contributed by atoms with Gasteiger partial charge in [-0.05, 0) is 31.4 Å². The van der Waals surface area contributed by atoms with Gasteiger partial charge in [0.05, 0.1) is 36.4 Å². The smallest absolute Gasteiger partial charge is 0.377 e. The fourth-order valence-corrected chi connectivity index (χ4v) is 3.16. The Balaban J connectivity index is 1.57.